The lowest BCUT2D eigenvalue weighted by Gasteiger charge is -2.08. The lowest BCUT2D eigenvalue weighted by molar-refractivity contribution is 0.0734. The summed E-state index contributed by atoms with van der Waals surface area (Å²) in [6.07, 6.45) is 1.40. The van der Waals surface area contributed by atoms with E-state index in [9.17, 15) is 9.59 Å². The van der Waals surface area contributed by atoms with Gasteiger partial charge in [0.05, 0.1) is 11.8 Å². The zero-order valence-corrected chi connectivity index (χ0v) is 22.3. The SMILES string of the molecule is O=C(NN=Cc1cc(Br)ccc1OC(=O)c1ccc(Cl)cc1)c1ccc(OCc2ccc(Cl)cc2)cc1. The minimum absolute atomic E-state index is 0.281. The summed E-state index contributed by atoms with van der Waals surface area (Å²) < 4.78 is 12.0. The summed E-state index contributed by atoms with van der Waals surface area (Å²) in [5.74, 6) is -0.0501. The largest absolute Gasteiger partial charge is 0.489 e. The molecule has 6 nitrogen and oxygen atoms in total. The van der Waals surface area contributed by atoms with E-state index in [4.69, 9.17) is 32.7 Å². The van der Waals surface area contributed by atoms with Gasteiger partial charge in [-0.05, 0) is 84.4 Å². The lowest BCUT2D eigenvalue weighted by Crippen LogP contribution is -2.17. The molecule has 4 aromatic carbocycles. The minimum Gasteiger partial charge on any atom is -0.489 e. The average Bonchev–Trinajstić information content (AvgIpc) is 2.90. The van der Waals surface area contributed by atoms with Crippen molar-refractivity contribution in [1.29, 1.82) is 0 Å². The van der Waals surface area contributed by atoms with Crippen molar-refractivity contribution in [1.82, 2.24) is 5.43 Å². The number of esters is 1. The Morgan fingerprint density at radius 1 is 0.838 bits per heavy atom. The molecule has 0 saturated heterocycles. The number of halogens is 3. The van der Waals surface area contributed by atoms with Crippen LogP contribution < -0.4 is 14.9 Å². The minimum atomic E-state index is -0.545. The van der Waals surface area contributed by atoms with E-state index >= 15 is 0 Å². The number of nitrogens with zero attached hydrogens (tertiary/aromatic N) is 1. The van der Waals surface area contributed by atoms with Gasteiger partial charge in [-0.15, -0.1) is 0 Å². The Kier molecular flexibility index (Phi) is 8.95. The molecule has 4 aromatic rings. The molecule has 0 spiro atoms. The predicted octanol–water partition coefficient (Wildman–Crippen LogP) is 7.32. The maximum absolute atomic E-state index is 12.5. The Labute approximate surface area is 232 Å². The van der Waals surface area contributed by atoms with Crippen molar-refractivity contribution in [2.24, 2.45) is 5.10 Å². The van der Waals surface area contributed by atoms with E-state index in [0.717, 1.165) is 10.0 Å². The molecule has 0 aliphatic heterocycles. The zero-order valence-electron chi connectivity index (χ0n) is 19.2. The van der Waals surface area contributed by atoms with Crippen LogP contribution in [0.25, 0.3) is 0 Å². The number of carbonyl (C=O) groups is 2. The van der Waals surface area contributed by atoms with E-state index in [-0.39, 0.29) is 5.75 Å². The molecule has 4 rings (SSSR count). The molecule has 0 unspecified atom stereocenters. The van der Waals surface area contributed by atoms with Gasteiger partial charge in [-0.2, -0.15) is 5.10 Å². The Hall–Kier alpha value is -3.65. The van der Waals surface area contributed by atoms with Crippen LogP contribution in [-0.4, -0.2) is 18.1 Å². The maximum Gasteiger partial charge on any atom is 0.343 e. The molecule has 1 amide bonds. The normalized spacial score (nSPS) is 10.8. The number of carbonyl (C=O) groups excluding carboxylic acids is 2. The number of ether oxygens (including phenoxy) is 2. The van der Waals surface area contributed by atoms with E-state index in [1.165, 1.54) is 6.21 Å². The standard InChI is InChI=1S/C28H19BrCl2N2O4/c29-22-7-14-26(37-28(35)20-3-10-24(31)11-4-20)21(15-22)16-32-33-27(34)19-5-12-25(13-6-19)36-17-18-1-8-23(30)9-2-18/h1-16H,17H2,(H,33,34). The fourth-order valence-electron chi connectivity index (χ4n) is 3.13. The van der Waals surface area contributed by atoms with Crippen LogP contribution in [0.3, 0.4) is 0 Å². The predicted molar refractivity (Wildman–Crippen MR) is 148 cm³/mol. The Bertz CT molecular complexity index is 1420. The number of hydrazone groups is 1. The Morgan fingerprint density at radius 2 is 1.46 bits per heavy atom. The molecule has 37 heavy (non-hydrogen) atoms. The maximum atomic E-state index is 12.5. The second-order valence-electron chi connectivity index (χ2n) is 7.72. The van der Waals surface area contributed by atoms with Crippen LogP contribution in [0.2, 0.25) is 10.0 Å². The first-order chi connectivity index (χ1) is 17.9. The molecule has 0 bridgehead atoms. The van der Waals surface area contributed by atoms with Crippen LogP contribution in [0.5, 0.6) is 11.5 Å². The molecule has 0 heterocycles. The summed E-state index contributed by atoms with van der Waals surface area (Å²) >= 11 is 15.2. The van der Waals surface area contributed by atoms with Crippen LogP contribution in [0.1, 0.15) is 31.8 Å². The van der Waals surface area contributed by atoms with Gasteiger partial charge in [0, 0.05) is 25.6 Å². The molecule has 0 radical (unpaired) electrons. The van der Waals surface area contributed by atoms with Crippen LogP contribution in [-0.2, 0) is 6.61 Å². The van der Waals surface area contributed by atoms with E-state index in [1.807, 2.05) is 12.1 Å². The molecule has 0 aliphatic rings. The van der Waals surface area contributed by atoms with Crippen molar-refractivity contribution in [3.63, 3.8) is 0 Å². The Balaban J connectivity index is 1.36. The highest BCUT2D eigenvalue weighted by Crippen LogP contribution is 2.23. The summed E-state index contributed by atoms with van der Waals surface area (Å²) in [7, 11) is 0. The van der Waals surface area contributed by atoms with E-state index in [0.29, 0.717) is 39.1 Å². The molecule has 0 saturated carbocycles. The van der Waals surface area contributed by atoms with Crippen LogP contribution in [0.15, 0.2) is 101 Å². The first kappa shape index (κ1) is 26.4. The van der Waals surface area contributed by atoms with Crippen molar-refractivity contribution in [2.45, 2.75) is 6.61 Å². The van der Waals surface area contributed by atoms with Gasteiger partial charge in [0.15, 0.2) is 0 Å². The molecular weight excluding hydrogens is 579 g/mol. The quantitative estimate of drug-likeness (QED) is 0.0999. The summed E-state index contributed by atoms with van der Waals surface area (Å²) in [5, 5.41) is 5.20. The number of hydrogen-bond acceptors (Lipinski definition) is 5. The van der Waals surface area contributed by atoms with Gasteiger partial charge in [0.1, 0.15) is 18.1 Å². The van der Waals surface area contributed by atoms with Gasteiger partial charge >= 0.3 is 5.97 Å². The van der Waals surface area contributed by atoms with Crippen LogP contribution in [0, 0.1) is 0 Å². The highest BCUT2D eigenvalue weighted by atomic mass is 79.9. The monoisotopic (exact) mass is 596 g/mol. The average molecular weight is 598 g/mol. The van der Waals surface area contributed by atoms with Gasteiger partial charge in [-0.3, -0.25) is 4.79 Å². The third-order valence-electron chi connectivity index (χ3n) is 5.06. The van der Waals surface area contributed by atoms with Gasteiger partial charge in [-0.1, -0.05) is 51.3 Å². The fourth-order valence-corrected chi connectivity index (χ4v) is 3.76. The van der Waals surface area contributed by atoms with E-state index < -0.39 is 11.9 Å². The van der Waals surface area contributed by atoms with E-state index in [2.05, 4.69) is 26.5 Å². The highest BCUT2D eigenvalue weighted by Gasteiger charge is 2.12. The van der Waals surface area contributed by atoms with E-state index in [1.54, 1.807) is 78.9 Å². The van der Waals surface area contributed by atoms with Crippen molar-refractivity contribution >= 4 is 57.2 Å². The van der Waals surface area contributed by atoms with Gasteiger partial charge in [0.2, 0.25) is 0 Å². The topological polar surface area (TPSA) is 77.0 Å². The highest BCUT2D eigenvalue weighted by molar-refractivity contribution is 9.10. The molecule has 186 valence electrons. The second kappa shape index (κ2) is 12.5. The number of amides is 1. The Morgan fingerprint density at radius 3 is 2.14 bits per heavy atom. The molecular formula is C28H19BrCl2N2O4. The third-order valence-corrected chi connectivity index (χ3v) is 6.06. The summed E-state index contributed by atoms with van der Waals surface area (Å²) in [4.78, 5) is 25.0. The fraction of sp³-hybridized carbons (Fsp3) is 0.0357. The molecule has 0 aromatic heterocycles. The van der Waals surface area contributed by atoms with Crippen LogP contribution >= 0.6 is 39.1 Å². The molecule has 9 heteroatoms. The number of benzene rings is 4. The molecule has 1 N–H and O–H groups in total. The van der Waals surface area contributed by atoms with Gasteiger partial charge < -0.3 is 9.47 Å². The van der Waals surface area contributed by atoms with Crippen molar-refractivity contribution in [3.05, 3.63) is 128 Å². The second-order valence-corrected chi connectivity index (χ2v) is 9.51. The lowest BCUT2D eigenvalue weighted by atomic mass is 10.2. The molecule has 0 aliphatic carbocycles. The summed E-state index contributed by atoms with van der Waals surface area (Å²) in [6.45, 7) is 0.380. The number of hydrogen-bond donors (Lipinski definition) is 1. The van der Waals surface area contributed by atoms with Gasteiger partial charge in [0.25, 0.3) is 5.91 Å². The van der Waals surface area contributed by atoms with Crippen molar-refractivity contribution in [3.8, 4) is 11.5 Å². The first-order valence-electron chi connectivity index (χ1n) is 11.0. The first-order valence-corrected chi connectivity index (χ1v) is 12.5. The summed E-state index contributed by atoms with van der Waals surface area (Å²) in [5.41, 5.74) is 4.70. The van der Waals surface area contributed by atoms with Crippen molar-refractivity contribution < 1.29 is 19.1 Å². The summed E-state index contributed by atoms with van der Waals surface area (Å²) in [6, 6.07) is 25.5. The molecule has 0 fully saturated rings. The smallest absolute Gasteiger partial charge is 0.343 e. The van der Waals surface area contributed by atoms with Crippen LogP contribution in [0.4, 0.5) is 0 Å². The zero-order chi connectivity index (χ0) is 26.2. The molecule has 0 atom stereocenters. The third kappa shape index (κ3) is 7.67. The van der Waals surface area contributed by atoms with Gasteiger partial charge in [-0.25, -0.2) is 10.2 Å². The van der Waals surface area contributed by atoms with Crippen molar-refractivity contribution in [2.75, 3.05) is 0 Å². The number of rotatable bonds is 8. The number of nitrogens with one attached hydrogen (secondary N) is 1.